The van der Waals surface area contributed by atoms with Crippen molar-refractivity contribution in [2.24, 2.45) is 10.2 Å². The van der Waals surface area contributed by atoms with Gasteiger partial charge in [-0.25, -0.2) is 0 Å². The Morgan fingerprint density at radius 2 is 1.16 bits per heavy atom. The molecule has 0 saturated carbocycles. The van der Waals surface area contributed by atoms with E-state index in [0.717, 1.165) is 18.8 Å². The molecule has 0 fully saturated rings. The first-order valence-corrected chi connectivity index (χ1v) is 12.7. The molecule has 0 aliphatic carbocycles. The Kier molecular flexibility index (Phi) is 10.7. The van der Waals surface area contributed by atoms with E-state index in [1.807, 2.05) is 12.1 Å². The van der Waals surface area contributed by atoms with Crippen LogP contribution in [0.4, 0.5) is 17.1 Å². The second kappa shape index (κ2) is 13.2. The van der Waals surface area contributed by atoms with Gasteiger partial charge in [-0.3, -0.25) is 4.55 Å². The summed E-state index contributed by atoms with van der Waals surface area (Å²) < 4.78 is 31.2. The molecule has 0 bridgehead atoms. The monoisotopic (exact) mass is 445 g/mol. The molecule has 2 rings (SSSR count). The fraction of sp³-hybridized carbons (Fsp3) is 0.500. The van der Waals surface area contributed by atoms with Crippen LogP contribution in [0.25, 0.3) is 0 Å². The molecule has 0 amide bonds. The SMILES string of the molecule is CCCCCCN(CCCCCC)c1ccc(N=Nc2ccc(S(=O)(=O)O)cc2)cc1. The van der Waals surface area contributed by atoms with E-state index < -0.39 is 10.1 Å². The van der Waals surface area contributed by atoms with Crippen LogP contribution in [0.3, 0.4) is 0 Å². The average molecular weight is 446 g/mol. The van der Waals surface area contributed by atoms with Crippen molar-refractivity contribution in [3.05, 3.63) is 48.5 Å². The normalized spacial score (nSPS) is 11.8. The summed E-state index contributed by atoms with van der Waals surface area (Å²) in [5.41, 5.74) is 2.47. The van der Waals surface area contributed by atoms with Crippen LogP contribution in [0.2, 0.25) is 0 Å². The number of nitrogens with zero attached hydrogens (tertiary/aromatic N) is 3. The van der Waals surface area contributed by atoms with E-state index in [1.54, 1.807) is 0 Å². The molecule has 0 spiro atoms. The molecule has 0 saturated heterocycles. The van der Waals surface area contributed by atoms with Crippen LogP contribution < -0.4 is 4.90 Å². The van der Waals surface area contributed by atoms with E-state index in [1.165, 1.54) is 81.3 Å². The van der Waals surface area contributed by atoms with Crippen LogP contribution in [-0.4, -0.2) is 26.1 Å². The van der Waals surface area contributed by atoms with Gasteiger partial charge in [0.2, 0.25) is 0 Å². The lowest BCUT2D eigenvalue weighted by atomic mass is 10.1. The minimum absolute atomic E-state index is 0.159. The standard InChI is InChI=1S/C24H35N3O3S/c1-3-5-7-9-19-27(20-10-8-6-4-2)23-15-11-21(12-16-23)25-26-22-13-17-24(18-14-22)31(28,29)30/h11-18H,3-10,19-20H2,1-2H3,(H,28,29,30). The zero-order chi connectivity index (χ0) is 22.5. The van der Waals surface area contributed by atoms with Crippen molar-refractivity contribution in [1.29, 1.82) is 0 Å². The fourth-order valence-electron chi connectivity index (χ4n) is 3.36. The molecule has 0 aliphatic rings. The molecule has 0 radical (unpaired) electrons. The molecular formula is C24H35N3O3S. The second-order valence-electron chi connectivity index (χ2n) is 7.79. The molecule has 0 atom stereocenters. The number of unbranched alkanes of at least 4 members (excludes halogenated alkanes) is 6. The van der Waals surface area contributed by atoms with Gasteiger partial charge in [0.15, 0.2) is 0 Å². The minimum Gasteiger partial charge on any atom is -0.372 e. The highest BCUT2D eigenvalue weighted by atomic mass is 32.2. The van der Waals surface area contributed by atoms with Gasteiger partial charge in [0, 0.05) is 18.8 Å². The van der Waals surface area contributed by atoms with E-state index in [9.17, 15) is 8.42 Å². The molecule has 0 aliphatic heterocycles. The number of rotatable bonds is 14. The molecule has 7 heteroatoms. The van der Waals surface area contributed by atoms with Crippen molar-refractivity contribution in [3.63, 3.8) is 0 Å². The van der Waals surface area contributed by atoms with E-state index >= 15 is 0 Å². The summed E-state index contributed by atoms with van der Waals surface area (Å²) in [5, 5.41) is 8.39. The second-order valence-corrected chi connectivity index (χ2v) is 9.22. The van der Waals surface area contributed by atoms with E-state index in [-0.39, 0.29) is 4.90 Å². The number of anilines is 1. The molecule has 1 N–H and O–H groups in total. The fourth-order valence-corrected chi connectivity index (χ4v) is 3.84. The Labute approximate surface area is 187 Å². The van der Waals surface area contributed by atoms with Gasteiger partial charge in [0.05, 0.1) is 16.3 Å². The highest BCUT2D eigenvalue weighted by Crippen LogP contribution is 2.24. The maximum Gasteiger partial charge on any atom is 0.294 e. The highest BCUT2D eigenvalue weighted by Gasteiger charge is 2.08. The number of benzene rings is 2. The van der Waals surface area contributed by atoms with Crippen molar-refractivity contribution < 1.29 is 13.0 Å². The van der Waals surface area contributed by atoms with Crippen LogP contribution in [-0.2, 0) is 10.1 Å². The number of hydrogen-bond donors (Lipinski definition) is 1. The molecule has 0 heterocycles. The topological polar surface area (TPSA) is 82.3 Å². The predicted octanol–water partition coefficient (Wildman–Crippen LogP) is 7.32. The lowest BCUT2D eigenvalue weighted by Crippen LogP contribution is -2.25. The van der Waals surface area contributed by atoms with Crippen molar-refractivity contribution in [1.82, 2.24) is 0 Å². The van der Waals surface area contributed by atoms with Gasteiger partial charge >= 0.3 is 0 Å². The van der Waals surface area contributed by atoms with Crippen molar-refractivity contribution in [2.45, 2.75) is 70.1 Å². The molecule has 0 aromatic heterocycles. The van der Waals surface area contributed by atoms with Crippen LogP contribution in [0.1, 0.15) is 65.2 Å². The minimum atomic E-state index is -4.20. The lowest BCUT2D eigenvalue weighted by molar-refractivity contribution is 0.483. The summed E-state index contributed by atoms with van der Waals surface area (Å²) in [4.78, 5) is 2.31. The third-order valence-electron chi connectivity index (χ3n) is 5.19. The highest BCUT2D eigenvalue weighted by molar-refractivity contribution is 7.85. The Bertz CT molecular complexity index is 883. The largest absolute Gasteiger partial charge is 0.372 e. The van der Waals surface area contributed by atoms with Gasteiger partial charge in [0.25, 0.3) is 10.1 Å². The Morgan fingerprint density at radius 3 is 1.58 bits per heavy atom. The molecule has 2 aromatic carbocycles. The van der Waals surface area contributed by atoms with Crippen LogP contribution >= 0.6 is 0 Å². The van der Waals surface area contributed by atoms with Crippen molar-refractivity contribution in [2.75, 3.05) is 18.0 Å². The van der Waals surface area contributed by atoms with Gasteiger partial charge in [-0.2, -0.15) is 18.6 Å². The Morgan fingerprint density at radius 1 is 0.710 bits per heavy atom. The molecule has 6 nitrogen and oxygen atoms in total. The quantitative estimate of drug-likeness (QED) is 0.188. The first kappa shape index (κ1) is 25.0. The predicted molar refractivity (Wildman–Crippen MR) is 127 cm³/mol. The zero-order valence-corrected chi connectivity index (χ0v) is 19.5. The van der Waals surface area contributed by atoms with E-state index in [4.69, 9.17) is 4.55 Å². The summed E-state index contributed by atoms with van der Waals surface area (Å²) in [7, 11) is -4.20. The maximum absolute atomic E-state index is 11.1. The van der Waals surface area contributed by atoms with Gasteiger partial charge in [0.1, 0.15) is 0 Å². The van der Waals surface area contributed by atoms with E-state index in [0.29, 0.717) is 5.69 Å². The Hall–Kier alpha value is -2.25. The summed E-state index contributed by atoms with van der Waals surface area (Å²) >= 11 is 0. The zero-order valence-electron chi connectivity index (χ0n) is 18.7. The molecular weight excluding hydrogens is 410 g/mol. The molecule has 2 aromatic rings. The molecule has 170 valence electrons. The number of azo groups is 1. The van der Waals surface area contributed by atoms with Crippen molar-refractivity contribution in [3.8, 4) is 0 Å². The Balaban J connectivity index is 2.00. The molecule has 0 unspecified atom stereocenters. The van der Waals surface area contributed by atoms with Crippen LogP contribution in [0, 0.1) is 0 Å². The summed E-state index contributed by atoms with van der Waals surface area (Å²) in [5.74, 6) is 0. The summed E-state index contributed by atoms with van der Waals surface area (Å²) in [6.45, 7) is 6.62. The first-order chi connectivity index (χ1) is 14.9. The van der Waals surface area contributed by atoms with Gasteiger partial charge in [-0.1, -0.05) is 52.4 Å². The van der Waals surface area contributed by atoms with Crippen LogP contribution in [0.15, 0.2) is 63.7 Å². The van der Waals surface area contributed by atoms with Crippen LogP contribution in [0.5, 0.6) is 0 Å². The van der Waals surface area contributed by atoms with Crippen molar-refractivity contribution >= 4 is 27.2 Å². The average Bonchev–Trinajstić information content (AvgIpc) is 2.77. The molecule has 31 heavy (non-hydrogen) atoms. The van der Waals surface area contributed by atoms with Gasteiger partial charge in [-0.05, 0) is 61.4 Å². The summed E-state index contributed by atoms with van der Waals surface area (Å²) in [6, 6.07) is 13.7. The van der Waals surface area contributed by atoms with Gasteiger partial charge < -0.3 is 4.90 Å². The smallest absolute Gasteiger partial charge is 0.294 e. The summed E-state index contributed by atoms with van der Waals surface area (Å²) in [6.07, 6.45) is 10.0. The maximum atomic E-state index is 11.1. The third-order valence-corrected chi connectivity index (χ3v) is 6.06. The first-order valence-electron chi connectivity index (χ1n) is 11.3. The van der Waals surface area contributed by atoms with E-state index in [2.05, 4.69) is 41.1 Å². The third kappa shape index (κ3) is 9.19. The van der Waals surface area contributed by atoms with Gasteiger partial charge in [-0.15, -0.1) is 0 Å². The lowest BCUT2D eigenvalue weighted by Gasteiger charge is -2.25. The number of hydrogen-bond acceptors (Lipinski definition) is 5.